The van der Waals surface area contributed by atoms with E-state index < -0.39 is 35.8 Å². The highest BCUT2D eigenvalue weighted by Crippen LogP contribution is 2.07. The van der Waals surface area contributed by atoms with Crippen molar-refractivity contribution in [1.82, 2.24) is 4.90 Å². The Morgan fingerprint density at radius 3 is 2.00 bits per heavy atom. The van der Waals surface area contributed by atoms with E-state index in [9.17, 15) is 19.2 Å². The van der Waals surface area contributed by atoms with Crippen LogP contribution in [0.15, 0.2) is 0 Å². The zero-order chi connectivity index (χ0) is 15.2. The Morgan fingerprint density at radius 2 is 1.68 bits per heavy atom. The number of ether oxygens (including phenoxy) is 1. The van der Waals surface area contributed by atoms with Gasteiger partial charge in [0.2, 0.25) is 11.8 Å². The minimum atomic E-state index is -1.37. The molecule has 0 rings (SSSR count). The van der Waals surface area contributed by atoms with Crippen molar-refractivity contribution >= 4 is 48.0 Å². The number of carbonyl (C=O) groups excluding carboxylic acids is 4. The lowest BCUT2D eigenvalue weighted by Gasteiger charge is -2.24. The lowest BCUT2D eigenvalue weighted by molar-refractivity contribution is -0.167. The number of esters is 2. The van der Waals surface area contributed by atoms with Crippen LogP contribution in [0.4, 0.5) is 0 Å². The lowest BCUT2D eigenvalue weighted by atomic mass is 10.2. The minimum Gasteiger partial charge on any atom is -0.390 e. The summed E-state index contributed by atoms with van der Waals surface area (Å²) in [5.74, 6) is -3.87. The van der Waals surface area contributed by atoms with Gasteiger partial charge in [-0.25, -0.2) is 9.59 Å². The Morgan fingerprint density at radius 1 is 1.21 bits per heavy atom. The molecule has 0 radical (unpaired) electrons. The molecule has 1 unspecified atom stereocenters. The molecule has 108 valence electrons. The van der Waals surface area contributed by atoms with Crippen LogP contribution in [0.25, 0.3) is 0 Å². The van der Waals surface area contributed by atoms with Crippen molar-refractivity contribution in [3.8, 4) is 0 Å². The van der Waals surface area contributed by atoms with Crippen molar-refractivity contribution in [2.45, 2.75) is 25.9 Å². The van der Waals surface area contributed by atoms with Gasteiger partial charge >= 0.3 is 11.9 Å². The normalized spacial score (nSPS) is 13.3. The van der Waals surface area contributed by atoms with Crippen molar-refractivity contribution in [3.63, 3.8) is 0 Å². The van der Waals surface area contributed by atoms with E-state index in [4.69, 9.17) is 17.3 Å². The Hall–Kier alpha value is -1.12. The van der Waals surface area contributed by atoms with Crippen LogP contribution in [0.1, 0.15) is 13.8 Å². The molecule has 0 aliphatic carbocycles. The van der Waals surface area contributed by atoms with Gasteiger partial charge in [-0.1, -0.05) is 0 Å². The highest BCUT2D eigenvalue weighted by Gasteiger charge is 2.33. The molecule has 19 heavy (non-hydrogen) atoms. The van der Waals surface area contributed by atoms with Crippen LogP contribution in [-0.2, 0) is 23.9 Å². The molecule has 0 aliphatic rings. The third kappa shape index (κ3) is 5.17. The van der Waals surface area contributed by atoms with Gasteiger partial charge < -0.3 is 10.5 Å². The lowest BCUT2D eigenvalue weighted by Crippen LogP contribution is -2.50. The van der Waals surface area contributed by atoms with Crippen molar-refractivity contribution in [3.05, 3.63) is 0 Å². The molecular weight excluding hydrogens is 296 g/mol. The fourth-order valence-electron chi connectivity index (χ4n) is 1.22. The van der Waals surface area contributed by atoms with E-state index in [0.29, 0.717) is 4.90 Å². The van der Waals surface area contributed by atoms with Crippen LogP contribution in [0.2, 0.25) is 0 Å². The van der Waals surface area contributed by atoms with Gasteiger partial charge in [-0.2, -0.15) is 12.6 Å². The second kappa shape index (κ2) is 8.13. The Bertz CT molecular complexity index is 376. The maximum absolute atomic E-state index is 11.7. The van der Waals surface area contributed by atoms with Crippen LogP contribution in [0.3, 0.4) is 0 Å². The topological polar surface area (TPSA) is 107 Å². The number of amides is 2. The average molecular weight is 311 g/mol. The second-order valence-corrected chi connectivity index (χ2v) is 4.28. The summed E-state index contributed by atoms with van der Waals surface area (Å²) >= 11 is 9.31. The molecule has 7 nitrogen and oxygen atoms in total. The molecule has 0 aliphatic heterocycles. The molecule has 0 saturated carbocycles. The Labute approximate surface area is 120 Å². The first kappa shape index (κ1) is 17.9. The van der Waals surface area contributed by atoms with Gasteiger partial charge in [0.25, 0.3) is 0 Å². The quantitative estimate of drug-likeness (QED) is 0.301. The van der Waals surface area contributed by atoms with Crippen LogP contribution < -0.4 is 5.73 Å². The average Bonchev–Trinajstić information content (AvgIpc) is 2.32. The zero-order valence-corrected chi connectivity index (χ0v) is 12.1. The molecule has 0 spiro atoms. The van der Waals surface area contributed by atoms with Crippen molar-refractivity contribution in [2.24, 2.45) is 5.73 Å². The van der Waals surface area contributed by atoms with Gasteiger partial charge in [-0.05, 0) is 0 Å². The Balaban J connectivity index is 4.95. The first-order valence-electron chi connectivity index (χ1n) is 5.24. The number of nitrogens with zero attached hydrogens (tertiary/aromatic N) is 1. The summed E-state index contributed by atoms with van der Waals surface area (Å²) in [4.78, 5) is 46.2. The summed E-state index contributed by atoms with van der Waals surface area (Å²) in [6.07, 6.45) is 0. The molecular formula is C10H15ClN2O5S. The molecule has 2 amide bonds. The molecule has 2 atom stereocenters. The predicted molar refractivity (Wildman–Crippen MR) is 70.6 cm³/mol. The second-order valence-electron chi connectivity index (χ2n) is 3.61. The minimum absolute atomic E-state index is 0.0131. The third-order valence-corrected chi connectivity index (χ3v) is 2.79. The van der Waals surface area contributed by atoms with E-state index in [0.717, 1.165) is 13.8 Å². The summed E-state index contributed by atoms with van der Waals surface area (Å²) in [6.45, 7) is 2.19. The number of alkyl halides is 1. The molecule has 0 aromatic heterocycles. The van der Waals surface area contributed by atoms with Crippen LogP contribution in [0.5, 0.6) is 0 Å². The molecule has 0 heterocycles. The van der Waals surface area contributed by atoms with Gasteiger partial charge in [-0.15, -0.1) is 11.6 Å². The largest absolute Gasteiger partial charge is 0.390 e. The van der Waals surface area contributed by atoms with E-state index in [1.807, 2.05) is 0 Å². The zero-order valence-electron chi connectivity index (χ0n) is 10.5. The number of hydrogen-bond acceptors (Lipinski definition) is 7. The smallest absolute Gasteiger partial charge is 0.338 e. The first-order valence-corrected chi connectivity index (χ1v) is 6.41. The van der Waals surface area contributed by atoms with Gasteiger partial charge in [0, 0.05) is 19.6 Å². The summed E-state index contributed by atoms with van der Waals surface area (Å²) in [7, 11) is 0. The molecule has 0 aromatic carbocycles. The van der Waals surface area contributed by atoms with E-state index in [1.54, 1.807) is 0 Å². The van der Waals surface area contributed by atoms with Gasteiger partial charge in [0.15, 0.2) is 6.04 Å². The van der Waals surface area contributed by atoms with Crippen LogP contribution >= 0.6 is 24.2 Å². The fraction of sp³-hybridized carbons (Fsp3) is 0.600. The molecule has 0 aromatic rings. The molecule has 0 saturated heterocycles. The van der Waals surface area contributed by atoms with Crippen molar-refractivity contribution in [1.29, 1.82) is 0 Å². The van der Waals surface area contributed by atoms with Crippen LogP contribution in [0, 0.1) is 0 Å². The monoisotopic (exact) mass is 310 g/mol. The van der Waals surface area contributed by atoms with Crippen LogP contribution in [-0.4, -0.2) is 52.4 Å². The highest BCUT2D eigenvalue weighted by atomic mass is 35.5. The Kier molecular flexibility index (Phi) is 7.65. The van der Waals surface area contributed by atoms with E-state index in [1.165, 1.54) is 0 Å². The first-order chi connectivity index (χ1) is 8.76. The number of nitrogens with two attached hydrogens (primary N) is 1. The number of imide groups is 1. The molecule has 9 heteroatoms. The number of hydrogen-bond donors (Lipinski definition) is 2. The third-order valence-electron chi connectivity index (χ3n) is 2.11. The fourth-order valence-corrected chi connectivity index (χ4v) is 1.63. The molecule has 2 N–H and O–H groups in total. The van der Waals surface area contributed by atoms with Gasteiger partial charge in [0.1, 0.15) is 6.04 Å². The SMILES string of the molecule is CC(=O)N(C(C)=O)C(CCl)C(=O)OC(=O)[C@@H](N)CS. The van der Waals surface area contributed by atoms with Crippen molar-refractivity contribution in [2.75, 3.05) is 11.6 Å². The maximum Gasteiger partial charge on any atom is 0.338 e. The summed E-state index contributed by atoms with van der Waals surface area (Å²) < 4.78 is 4.46. The number of halogens is 1. The number of rotatable bonds is 5. The predicted octanol–water partition coefficient (Wildman–Crippen LogP) is -0.684. The summed E-state index contributed by atoms with van der Waals surface area (Å²) in [6, 6.07) is -2.45. The number of carbonyl (C=O) groups is 4. The number of thiol groups is 1. The van der Waals surface area contributed by atoms with Gasteiger partial charge in [-0.3, -0.25) is 14.5 Å². The standard InChI is InChI=1S/C10H15ClN2O5S/c1-5(14)13(6(2)15)8(3-11)10(17)18-9(16)7(12)4-19/h7-8,19H,3-4,12H2,1-2H3/t7-,8?/m0/s1. The molecule has 0 fully saturated rings. The molecule has 0 bridgehead atoms. The van der Waals surface area contributed by atoms with E-state index >= 15 is 0 Å². The van der Waals surface area contributed by atoms with Crippen molar-refractivity contribution < 1.29 is 23.9 Å². The highest BCUT2D eigenvalue weighted by molar-refractivity contribution is 7.80. The summed E-state index contributed by atoms with van der Waals surface area (Å²) in [5, 5.41) is 0. The summed E-state index contributed by atoms with van der Waals surface area (Å²) in [5.41, 5.74) is 5.32. The van der Waals surface area contributed by atoms with Gasteiger partial charge in [0.05, 0.1) is 5.88 Å². The maximum atomic E-state index is 11.7. The van der Waals surface area contributed by atoms with E-state index in [2.05, 4.69) is 17.4 Å². The van der Waals surface area contributed by atoms with E-state index in [-0.39, 0.29) is 11.6 Å².